The summed E-state index contributed by atoms with van der Waals surface area (Å²) in [6.45, 7) is 2.46. The lowest BCUT2D eigenvalue weighted by molar-refractivity contribution is 0.0397. The van der Waals surface area contributed by atoms with E-state index in [-0.39, 0.29) is 43.3 Å². The minimum absolute atomic E-state index is 0.121. The Morgan fingerprint density at radius 3 is 3.00 bits per heavy atom. The SMILES string of the molecule is Cc1ccnc(OC[C@H]2CCS(=O)(=O)C23CN(C(=O)c2n[nH]c4c2CCC4)C3)n1. The predicted molar refractivity (Wildman–Crippen MR) is 103 cm³/mol. The normalized spacial score (nSPS) is 23.8. The van der Waals surface area contributed by atoms with Crippen LogP contribution in [0.3, 0.4) is 0 Å². The van der Waals surface area contributed by atoms with Gasteiger partial charge in [-0.2, -0.15) is 5.10 Å². The van der Waals surface area contributed by atoms with E-state index in [0.29, 0.717) is 12.1 Å². The zero-order chi connectivity index (χ0) is 20.2. The molecular weight excluding hydrogens is 394 g/mol. The summed E-state index contributed by atoms with van der Waals surface area (Å²) < 4.78 is 30.5. The third kappa shape index (κ3) is 2.84. The third-order valence-corrected chi connectivity index (χ3v) is 9.10. The number of H-pyrrole nitrogens is 1. The largest absolute Gasteiger partial charge is 0.463 e. The molecule has 10 heteroatoms. The molecule has 1 atom stereocenters. The molecule has 4 heterocycles. The molecule has 0 aromatic carbocycles. The smallest absolute Gasteiger partial charge is 0.316 e. The summed E-state index contributed by atoms with van der Waals surface area (Å²) >= 11 is 0. The zero-order valence-electron chi connectivity index (χ0n) is 16.2. The van der Waals surface area contributed by atoms with Gasteiger partial charge in [0.15, 0.2) is 15.5 Å². The molecule has 1 aliphatic carbocycles. The van der Waals surface area contributed by atoms with Crippen LogP contribution in [0.25, 0.3) is 0 Å². The van der Waals surface area contributed by atoms with E-state index in [4.69, 9.17) is 4.74 Å². The number of amides is 1. The maximum atomic E-state index is 12.9. The molecule has 2 saturated heterocycles. The van der Waals surface area contributed by atoms with Gasteiger partial charge in [-0.1, -0.05) is 0 Å². The lowest BCUT2D eigenvalue weighted by Gasteiger charge is -2.49. The standard InChI is InChI=1S/C19H23N5O4S/c1-12-5-7-20-18(21-12)28-9-13-6-8-29(26,27)19(13)10-24(11-19)17(25)16-14-3-2-4-15(14)22-23-16/h5,7,13H,2-4,6,8-11H2,1H3,(H,22,23)/t13-/m1/s1. The molecule has 0 bridgehead atoms. The Labute approximate surface area is 168 Å². The van der Waals surface area contributed by atoms with Gasteiger partial charge in [0.1, 0.15) is 4.75 Å². The van der Waals surface area contributed by atoms with E-state index in [2.05, 4.69) is 20.2 Å². The Hall–Kier alpha value is -2.49. The van der Waals surface area contributed by atoms with Gasteiger partial charge in [0, 0.05) is 42.2 Å². The molecule has 154 valence electrons. The molecule has 2 aromatic rings. The van der Waals surface area contributed by atoms with Crippen molar-refractivity contribution in [1.82, 2.24) is 25.1 Å². The average Bonchev–Trinajstić information content (AvgIpc) is 3.31. The number of aryl methyl sites for hydroxylation is 2. The second-order valence-corrected chi connectivity index (χ2v) is 10.7. The Morgan fingerprint density at radius 1 is 1.38 bits per heavy atom. The maximum Gasteiger partial charge on any atom is 0.316 e. The van der Waals surface area contributed by atoms with Crippen LogP contribution in [0.2, 0.25) is 0 Å². The number of hydrogen-bond acceptors (Lipinski definition) is 7. The Morgan fingerprint density at radius 2 is 2.21 bits per heavy atom. The van der Waals surface area contributed by atoms with Gasteiger partial charge in [0.2, 0.25) is 0 Å². The topological polar surface area (TPSA) is 118 Å². The van der Waals surface area contributed by atoms with Crippen molar-refractivity contribution >= 4 is 15.7 Å². The number of hydrogen-bond donors (Lipinski definition) is 1. The number of rotatable bonds is 4. The number of nitrogens with zero attached hydrogens (tertiary/aromatic N) is 4. The summed E-state index contributed by atoms with van der Waals surface area (Å²) in [5.74, 6) is -0.250. The van der Waals surface area contributed by atoms with Crippen LogP contribution in [0.15, 0.2) is 12.3 Å². The van der Waals surface area contributed by atoms with Gasteiger partial charge < -0.3 is 9.64 Å². The quantitative estimate of drug-likeness (QED) is 0.778. The summed E-state index contributed by atoms with van der Waals surface area (Å²) in [6, 6.07) is 2.03. The molecule has 2 aromatic heterocycles. The molecule has 1 amide bonds. The molecule has 0 radical (unpaired) electrons. The van der Waals surface area contributed by atoms with E-state index >= 15 is 0 Å². The number of nitrogens with one attached hydrogen (secondary N) is 1. The first-order valence-corrected chi connectivity index (χ1v) is 11.5. The Kier molecular flexibility index (Phi) is 4.16. The van der Waals surface area contributed by atoms with E-state index < -0.39 is 14.6 Å². The van der Waals surface area contributed by atoms with E-state index in [1.165, 1.54) is 0 Å². The van der Waals surface area contributed by atoms with Crippen LogP contribution in [-0.4, -0.2) is 69.6 Å². The number of fused-ring (bicyclic) bond motifs is 1. The van der Waals surface area contributed by atoms with Crippen LogP contribution < -0.4 is 4.74 Å². The number of carbonyl (C=O) groups excluding carboxylic acids is 1. The van der Waals surface area contributed by atoms with Gasteiger partial charge in [-0.3, -0.25) is 9.89 Å². The van der Waals surface area contributed by atoms with Gasteiger partial charge in [0.25, 0.3) is 5.91 Å². The molecule has 9 nitrogen and oxygen atoms in total. The average molecular weight is 417 g/mol. The van der Waals surface area contributed by atoms with Crippen LogP contribution in [0, 0.1) is 12.8 Å². The van der Waals surface area contributed by atoms with Crippen molar-refractivity contribution in [2.75, 3.05) is 25.4 Å². The zero-order valence-corrected chi connectivity index (χ0v) is 17.0. The van der Waals surface area contributed by atoms with Crippen LogP contribution >= 0.6 is 0 Å². The molecule has 2 aliphatic heterocycles. The summed E-state index contributed by atoms with van der Waals surface area (Å²) in [7, 11) is -3.30. The van der Waals surface area contributed by atoms with E-state index in [9.17, 15) is 13.2 Å². The highest BCUT2D eigenvalue weighted by molar-refractivity contribution is 7.93. The predicted octanol–water partition coefficient (Wildman–Crippen LogP) is 0.705. The van der Waals surface area contributed by atoms with Gasteiger partial charge >= 0.3 is 6.01 Å². The monoisotopic (exact) mass is 417 g/mol. The molecule has 29 heavy (non-hydrogen) atoms. The van der Waals surface area contributed by atoms with Crippen molar-refractivity contribution in [3.05, 3.63) is 34.9 Å². The Balaban J connectivity index is 1.31. The minimum Gasteiger partial charge on any atom is -0.463 e. The molecule has 0 unspecified atom stereocenters. The fourth-order valence-electron chi connectivity index (χ4n) is 4.77. The molecule has 1 N–H and O–H groups in total. The van der Waals surface area contributed by atoms with E-state index in [1.807, 2.05) is 6.92 Å². The lowest BCUT2D eigenvalue weighted by Crippen LogP contribution is -2.69. The van der Waals surface area contributed by atoms with Crippen molar-refractivity contribution in [3.8, 4) is 6.01 Å². The maximum absolute atomic E-state index is 12.9. The van der Waals surface area contributed by atoms with Gasteiger partial charge in [0.05, 0.1) is 12.4 Å². The van der Waals surface area contributed by atoms with Crippen LogP contribution in [0.4, 0.5) is 0 Å². The highest BCUT2D eigenvalue weighted by atomic mass is 32.2. The molecular formula is C19H23N5O4S. The first-order chi connectivity index (χ1) is 13.9. The van der Waals surface area contributed by atoms with Crippen molar-refractivity contribution < 1.29 is 17.9 Å². The van der Waals surface area contributed by atoms with Gasteiger partial charge in [-0.15, -0.1) is 0 Å². The van der Waals surface area contributed by atoms with E-state index in [1.54, 1.807) is 17.2 Å². The lowest BCUT2D eigenvalue weighted by atomic mass is 9.83. The number of sulfone groups is 1. The first kappa shape index (κ1) is 18.5. The van der Waals surface area contributed by atoms with E-state index in [0.717, 1.165) is 36.2 Å². The van der Waals surface area contributed by atoms with Crippen molar-refractivity contribution in [2.24, 2.45) is 5.92 Å². The van der Waals surface area contributed by atoms with Crippen molar-refractivity contribution in [2.45, 2.75) is 37.4 Å². The minimum atomic E-state index is -3.30. The molecule has 3 aliphatic rings. The first-order valence-electron chi connectivity index (χ1n) is 9.90. The van der Waals surface area contributed by atoms with Gasteiger partial charge in [-0.05, 0) is 38.7 Å². The summed E-state index contributed by atoms with van der Waals surface area (Å²) in [4.78, 5) is 22.8. The number of carbonyl (C=O) groups is 1. The van der Waals surface area contributed by atoms with Crippen LogP contribution in [0.5, 0.6) is 6.01 Å². The second kappa shape index (κ2) is 6.51. The number of ether oxygens (including phenoxy) is 1. The van der Waals surface area contributed by atoms with Crippen LogP contribution in [-0.2, 0) is 22.7 Å². The summed E-state index contributed by atoms with van der Waals surface area (Å²) in [6.07, 6.45) is 4.91. The fourth-order valence-corrected chi connectivity index (χ4v) is 7.17. The molecule has 1 spiro atoms. The molecule has 0 saturated carbocycles. The third-order valence-electron chi connectivity index (χ3n) is 6.50. The number of likely N-dealkylation sites (tertiary alicyclic amines) is 1. The summed E-state index contributed by atoms with van der Waals surface area (Å²) in [5.41, 5.74) is 3.25. The number of aromatic amines is 1. The number of aromatic nitrogens is 4. The van der Waals surface area contributed by atoms with Crippen molar-refractivity contribution in [1.29, 1.82) is 0 Å². The Bertz CT molecular complexity index is 1070. The fraction of sp³-hybridized carbons (Fsp3) is 0.579. The highest BCUT2D eigenvalue weighted by Crippen LogP contribution is 2.45. The van der Waals surface area contributed by atoms with Gasteiger partial charge in [-0.25, -0.2) is 18.4 Å². The van der Waals surface area contributed by atoms with Crippen LogP contribution in [0.1, 0.15) is 40.3 Å². The molecule has 5 rings (SSSR count). The summed E-state index contributed by atoms with van der Waals surface area (Å²) in [5, 5.41) is 7.14. The van der Waals surface area contributed by atoms with Crippen molar-refractivity contribution in [3.63, 3.8) is 0 Å². The highest BCUT2D eigenvalue weighted by Gasteiger charge is 2.63. The molecule has 2 fully saturated rings. The second-order valence-electron chi connectivity index (χ2n) is 8.20.